The van der Waals surface area contributed by atoms with Crippen molar-refractivity contribution in [1.29, 1.82) is 0 Å². The molecule has 0 aliphatic rings. The van der Waals surface area contributed by atoms with Gasteiger partial charge in [0.05, 0.1) is 19.8 Å². The summed E-state index contributed by atoms with van der Waals surface area (Å²) in [4.78, 5) is 2.14. The topological polar surface area (TPSA) is 58.7 Å². The van der Waals surface area contributed by atoms with Crippen molar-refractivity contribution in [2.75, 3.05) is 20.8 Å². The molecule has 4 heteroatoms. The van der Waals surface area contributed by atoms with Gasteiger partial charge >= 0.3 is 0 Å². The number of ether oxygens (including phenoxy) is 1. The zero-order valence-electron chi connectivity index (χ0n) is 13.3. The van der Waals surface area contributed by atoms with Gasteiger partial charge in [0, 0.05) is 17.1 Å². The molecular weight excluding hydrogens is 252 g/mol. The van der Waals surface area contributed by atoms with E-state index in [1.807, 2.05) is 45.2 Å². The molecule has 0 aliphatic heterocycles. The fourth-order valence-electron chi connectivity index (χ4n) is 2.35. The Morgan fingerprint density at radius 2 is 1.95 bits per heavy atom. The number of para-hydroxylation sites is 1. The van der Waals surface area contributed by atoms with Crippen molar-refractivity contribution >= 4 is 0 Å². The Morgan fingerprint density at radius 1 is 1.35 bits per heavy atom. The van der Waals surface area contributed by atoms with Gasteiger partial charge in [0.15, 0.2) is 0 Å². The predicted molar refractivity (Wildman–Crippen MR) is 82.9 cm³/mol. The Labute approximate surface area is 122 Å². The van der Waals surface area contributed by atoms with Crippen LogP contribution >= 0.6 is 0 Å². The van der Waals surface area contributed by atoms with Crippen LogP contribution in [-0.2, 0) is 0 Å². The summed E-state index contributed by atoms with van der Waals surface area (Å²) in [5, 5.41) is 9.63. The summed E-state index contributed by atoms with van der Waals surface area (Å²) in [5.74, 6) is 0.835. The van der Waals surface area contributed by atoms with Crippen LogP contribution in [0.15, 0.2) is 24.3 Å². The summed E-state index contributed by atoms with van der Waals surface area (Å²) in [6.45, 7) is 6.17. The van der Waals surface area contributed by atoms with Crippen molar-refractivity contribution < 1.29 is 9.84 Å². The van der Waals surface area contributed by atoms with Crippen LogP contribution in [0.1, 0.15) is 38.8 Å². The maximum Gasteiger partial charge on any atom is 0.123 e. The van der Waals surface area contributed by atoms with E-state index in [0.717, 1.165) is 17.7 Å². The third-order valence-electron chi connectivity index (χ3n) is 4.09. The highest BCUT2D eigenvalue weighted by Gasteiger charge is 2.34. The molecule has 0 heterocycles. The SMILES string of the molecule is CCC(N)C(c1ccccc1OC)N(C)C(C)(C)CO. The summed E-state index contributed by atoms with van der Waals surface area (Å²) in [6, 6.07) is 7.91. The molecule has 1 rings (SSSR count). The number of aliphatic hydroxyl groups excluding tert-OH is 1. The first-order valence-electron chi connectivity index (χ1n) is 7.11. The third kappa shape index (κ3) is 3.51. The lowest BCUT2D eigenvalue weighted by Gasteiger charge is -2.43. The maximum atomic E-state index is 9.63. The molecular formula is C16H28N2O2. The maximum absolute atomic E-state index is 9.63. The molecule has 3 N–H and O–H groups in total. The van der Waals surface area contributed by atoms with Crippen LogP contribution in [0.2, 0.25) is 0 Å². The summed E-state index contributed by atoms with van der Waals surface area (Å²) in [5.41, 5.74) is 7.06. The van der Waals surface area contributed by atoms with Gasteiger partial charge < -0.3 is 15.6 Å². The van der Waals surface area contributed by atoms with E-state index in [0.29, 0.717) is 0 Å². The predicted octanol–water partition coefficient (Wildman–Crippen LogP) is 2.18. The van der Waals surface area contributed by atoms with Crippen LogP contribution in [0.5, 0.6) is 5.75 Å². The smallest absolute Gasteiger partial charge is 0.123 e. The number of benzene rings is 1. The monoisotopic (exact) mass is 280 g/mol. The fraction of sp³-hybridized carbons (Fsp3) is 0.625. The van der Waals surface area contributed by atoms with Gasteiger partial charge in [0.25, 0.3) is 0 Å². The first-order chi connectivity index (χ1) is 9.38. The molecule has 114 valence electrons. The molecule has 2 unspecified atom stereocenters. The summed E-state index contributed by atoms with van der Waals surface area (Å²) < 4.78 is 5.47. The summed E-state index contributed by atoms with van der Waals surface area (Å²) in [7, 11) is 3.67. The molecule has 2 atom stereocenters. The largest absolute Gasteiger partial charge is 0.496 e. The minimum Gasteiger partial charge on any atom is -0.496 e. The van der Waals surface area contributed by atoms with Crippen LogP contribution < -0.4 is 10.5 Å². The van der Waals surface area contributed by atoms with Crippen molar-refractivity contribution in [1.82, 2.24) is 4.90 Å². The van der Waals surface area contributed by atoms with Crippen molar-refractivity contribution in [3.8, 4) is 5.75 Å². The molecule has 0 bridgehead atoms. The third-order valence-corrected chi connectivity index (χ3v) is 4.09. The highest BCUT2D eigenvalue weighted by molar-refractivity contribution is 5.37. The second-order valence-corrected chi connectivity index (χ2v) is 5.84. The van der Waals surface area contributed by atoms with Gasteiger partial charge in [0.1, 0.15) is 5.75 Å². The number of nitrogens with zero attached hydrogens (tertiary/aromatic N) is 1. The van der Waals surface area contributed by atoms with Gasteiger partial charge in [-0.1, -0.05) is 25.1 Å². The molecule has 1 aromatic carbocycles. The number of hydrogen-bond donors (Lipinski definition) is 2. The zero-order valence-corrected chi connectivity index (χ0v) is 13.3. The van der Waals surface area contributed by atoms with Crippen LogP contribution in [0.4, 0.5) is 0 Å². The van der Waals surface area contributed by atoms with E-state index in [2.05, 4.69) is 11.8 Å². The number of nitrogens with two attached hydrogens (primary N) is 1. The Bertz CT molecular complexity index is 421. The number of methoxy groups -OCH3 is 1. The van der Waals surface area contributed by atoms with E-state index in [4.69, 9.17) is 10.5 Å². The van der Waals surface area contributed by atoms with Crippen LogP contribution in [0.25, 0.3) is 0 Å². The summed E-state index contributed by atoms with van der Waals surface area (Å²) >= 11 is 0. The molecule has 0 amide bonds. The van der Waals surface area contributed by atoms with Gasteiger partial charge in [-0.15, -0.1) is 0 Å². The second kappa shape index (κ2) is 7.07. The lowest BCUT2D eigenvalue weighted by atomic mass is 9.91. The van der Waals surface area contributed by atoms with Crippen LogP contribution in [-0.4, -0.2) is 42.4 Å². The van der Waals surface area contributed by atoms with Crippen molar-refractivity contribution in [3.63, 3.8) is 0 Å². The summed E-state index contributed by atoms with van der Waals surface area (Å²) in [6.07, 6.45) is 0.856. The van der Waals surface area contributed by atoms with E-state index in [1.165, 1.54) is 0 Å². The van der Waals surface area contributed by atoms with Crippen LogP contribution in [0, 0.1) is 0 Å². The first-order valence-corrected chi connectivity index (χ1v) is 7.11. The number of hydrogen-bond acceptors (Lipinski definition) is 4. The minimum absolute atomic E-state index is 0.00157. The normalized spacial score (nSPS) is 15.2. The number of likely N-dealkylation sites (N-methyl/N-ethyl adjacent to an activating group) is 1. The Morgan fingerprint density at radius 3 is 2.45 bits per heavy atom. The van der Waals surface area contributed by atoms with Crippen molar-refractivity contribution in [3.05, 3.63) is 29.8 Å². The molecule has 0 fully saturated rings. The molecule has 0 spiro atoms. The quantitative estimate of drug-likeness (QED) is 0.803. The second-order valence-electron chi connectivity index (χ2n) is 5.84. The van der Waals surface area contributed by atoms with Gasteiger partial charge in [-0.3, -0.25) is 4.90 Å². The molecule has 0 radical (unpaired) electrons. The van der Waals surface area contributed by atoms with E-state index >= 15 is 0 Å². The number of aliphatic hydroxyl groups is 1. The molecule has 20 heavy (non-hydrogen) atoms. The van der Waals surface area contributed by atoms with E-state index in [1.54, 1.807) is 7.11 Å². The lowest BCUT2D eigenvalue weighted by Crippen LogP contribution is -2.51. The highest BCUT2D eigenvalue weighted by atomic mass is 16.5. The van der Waals surface area contributed by atoms with E-state index < -0.39 is 0 Å². The molecule has 1 aromatic rings. The number of rotatable bonds is 7. The van der Waals surface area contributed by atoms with Gasteiger partial charge in [-0.2, -0.15) is 0 Å². The van der Waals surface area contributed by atoms with E-state index in [9.17, 15) is 5.11 Å². The minimum atomic E-state index is -0.349. The van der Waals surface area contributed by atoms with Crippen molar-refractivity contribution in [2.45, 2.75) is 44.8 Å². The van der Waals surface area contributed by atoms with Gasteiger partial charge in [-0.25, -0.2) is 0 Å². The standard InChI is InChI=1S/C16H28N2O2/c1-6-13(17)15(18(4)16(2,3)11-19)12-9-7-8-10-14(12)20-5/h7-10,13,15,19H,6,11,17H2,1-5H3. The molecule has 0 saturated carbocycles. The van der Waals surface area contributed by atoms with Gasteiger partial charge in [-0.05, 0) is 33.4 Å². The average Bonchev–Trinajstić information content (AvgIpc) is 2.47. The van der Waals surface area contributed by atoms with Crippen LogP contribution in [0.3, 0.4) is 0 Å². The molecule has 0 aromatic heterocycles. The Balaban J connectivity index is 3.26. The zero-order chi connectivity index (χ0) is 15.3. The van der Waals surface area contributed by atoms with E-state index in [-0.39, 0.29) is 24.2 Å². The molecule has 0 saturated heterocycles. The lowest BCUT2D eigenvalue weighted by molar-refractivity contribution is 0.0337. The average molecular weight is 280 g/mol. The molecule has 0 aliphatic carbocycles. The first kappa shape index (κ1) is 17.0. The Kier molecular flexibility index (Phi) is 5.99. The fourth-order valence-corrected chi connectivity index (χ4v) is 2.35. The van der Waals surface area contributed by atoms with Crippen molar-refractivity contribution in [2.24, 2.45) is 5.73 Å². The van der Waals surface area contributed by atoms with Gasteiger partial charge in [0.2, 0.25) is 0 Å². The highest BCUT2D eigenvalue weighted by Crippen LogP contribution is 2.34. The Hall–Kier alpha value is -1.10. The molecule has 4 nitrogen and oxygen atoms in total.